The van der Waals surface area contributed by atoms with E-state index >= 15 is 0 Å². The predicted octanol–water partition coefficient (Wildman–Crippen LogP) is 2.39. The maximum absolute atomic E-state index is 12.7. The highest BCUT2D eigenvalue weighted by molar-refractivity contribution is 5.87. The van der Waals surface area contributed by atoms with Crippen LogP contribution in [0.3, 0.4) is 0 Å². The van der Waals surface area contributed by atoms with Crippen molar-refractivity contribution in [3.05, 3.63) is 12.2 Å². The predicted molar refractivity (Wildman–Crippen MR) is 48.1 cm³/mol. The summed E-state index contributed by atoms with van der Waals surface area (Å²) >= 11 is 0. The Bertz CT molecular complexity index is 205. The fraction of sp³-hybridized carbons (Fsp3) is 0.700. The highest BCUT2D eigenvalue weighted by atomic mass is 19.1. The van der Waals surface area contributed by atoms with Gasteiger partial charge in [-0.2, -0.15) is 0 Å². The number of carbonyl (C=O) groups is 1. The summed E-state index contributed by atoms with van der Waals surface area (Å²) < 4.78 is 17.8. The third kappa shape index (κ3) is 3.17. The van der Waals surface area contributed by atoms with Gasteiger partial charge in [0.25, 0.3) is 0 Å². The van der Waals surface area contributed by atoms with E-state index in [2.05, 4.69) is 6.58 Å². The van der Waals surface area contributed by atoms with Crippen LogP contribution in [0.2, 0.25) is 0 Å². The lowest BCUT2D eigenvalue weighted by Crippen LogP contribution is -2.25. The molecule has 0 saturated heterocycles. The lowest BCUT2D eigenvalue weighted by atomic mass is 9.96. The number of hydrogen-bond donors (Lipinski definition) is 0. The zero-order chi connectivity index (χ0) is 9.84. The van der Waals surface area contributed by atoms with Crippen molar-refractivity contribution in [2.75, 3.05) is 0 Å². The molecule has 1 rings (SSSR count). The van der Waals surface area contributed by atoms with Crippen molar-refractivity contribution in [1.29, 1.82) is 0 Å². The number of alkyl halides is 1. The molecule has 0 atom stereocenters. The van der Waals surface area contributed by atoms with Crippen LogP contribution >= 0.6 is 0 Å². The largest absolute Gasteiger partial charge is 0.459 e. The van der Waals surface area contributed by atoms with Crippen LogP contribution in [0, 0.1) is 0 Å². The summed E-state index contributed by atoms with van der Waals surface area (Å²) in [4.78, 5) is 11.1. The molecule has 0 heterocycles. The van der Waals surface area contributed by atoms with Gasteiger partial charge in [-0.05, 0) is 32.6 Å². The minimum Gasteiger partial charge on any atom is -0.459 e. The first-order valence-electron chi connectivity index (χ1n) is 4.60. The van der Waals surface area contributed by atoms with Crippen LogP contribution in [-0.2, 0) is 9.53 Å². The standard InChI is InChI=1S/C10H15FO2/c1-7(2)10(12)13-9-5-3-8(11)4-6-9/h8-9H,1,3-6H2,2H3. The SMILES string of the molecule is C=C(C)C(=O)OC1CCC(F)CC1. The second kappa shape index (κ2) is 4.40. The smallest absolute Gasteiger partial charge is 0.333 e. The zero-order valence-corrected chi connectivity index (χ0v) is 7.88. The van der Waals surface area contributed by atoms with E-state index in [1.54, 1.807) is 6.92 Å². The summed E-state index contributed by atoms with van der Waals surface area (Å²) in [6.07, 6.45) is 1.49. The monoisotopic (exact) mass is 186 g/mol. The molecule has 1 fully saturated rings. The first-order valence-corrected chi connectivity index (χ1v) is 4.60. The minimum atomic E-state index is -0.709. The van der Waals surface area contributed by atoms with Crippen LogP contribution in [0.15, 0.2) is 12.2 Å². The fourth-order valence-electron chi connectivity index (χ4n) is 1.39. The van der Waals surface area contributed by atoms with E-state index in [1.807, 2.05) is 0 Å². The van der Waals surface area contributed by atoms with Crippen LogP contribution in [0.5, 0.6) is 0 Å². The first-order chi connectivity index (χ1) is 6.09. The Morgan fingerprint density at radius 2 is 1.92 bits per heavy atom. The molecule has 0 aliphatic heterocycles. The molecule has 2 nitrogen and oxygen atoms in total. The normalized spacial score (nSPS) is 28.2. The lowest BCUT2D eigenvalue weighted by Gasteiger charge is -2.24. The van der Waals surface area contributed by atoms with E-state index in [0.29, 0.717) is 31.3 Å². The molecular formula is C10H15FO2. The Morgan fingerprint density at radius 1 is 1.38 bits per heavy atom. The summed E-state index contributed by atoms with van der Waals surface area (Å²) in [6, 6.07) is 0. The molecule has 0 aromatic heterocycles. The molecule has 1 aliphatic carbocycles. The van der Waals surface area contributed by atoms with E-state index in [0.717, 1.165) is 0 Å². The second-order valence-corrected chi connectivity index (χ2v) is 3.56. The Morgan fingerprint density at radius 3 is 2.38 bits per heavy atom. The summed E-state index contributed by atoms with van der Waals surface area (Å²) in [7, 11) is 0. The fourth-order valence-corrected chi connectivity index (χ4v) is 1.39. The molecule has 0 bridgehead atoms. The van der Waals surface area contributed by atoms with Crippen molar-refractivity contribution in [2.45, 2.75) is 44.9 Å². The van der Waals surface area contributed by atoms with Crippen molar-refractivity contribution in [3.63, 3.8) is 0 Å². The summed E-state index contributed by atoms with van der Waals surface area (Å²) in [6.45, 7) is 5.10. The van der Waals surface area contributed by atoms with Crippen molar-refractivity contribution < 1.29 is 13.9 Å². The molecule has 0 aromatic carbocycles. The van der Waals surface area contributed by atoms with Gasteiger partial charge < -0.3 is 4.74 Å². The molecule has 13 heavy (non-hydrogen) atoms. The van der Waals surface area contributed by atoms with Crippen molar-refractivity contribution in [2.24, 2.45) is 0 Å². The highest BCUT2D eigenvalue weighted by Gasteiger charge is 2.23. The van der Waals surface area contributed by atoms with E-state index in [4.69, 9.17) is 4.74 Å². The quantitative estimate of drug-likeness (QED) is 0.489. The van der Waals surface area contributed by atoms with Crippen molar-refractivity contribution in [3.8, 4) is 0 Å². The van der Waals surface area contributed by atoms with Gasteiger partial charge in [0, 0.05) is 5.57 Å². The first kappa shape index (κ1) is 10.2. The van der Waals surface area contributed by atoms with E-state index < -0.39 is 6.17 Å². The van der Waals surface area contributed by atoms with Gasteiger partial charge in [0.1, 0.15) is 12.3 Å². The van der Waals surface area contributed by atoms with E-state index in [9.17, 15) is 9.18 Å². The number of hydrogen-bond acceptors (Lipinski definition) is 2. The summed E-state index contributed by atoms with van der Waals surface area (Å²) in [5.41, 5.74) is 0.405. The number of halogens is 1. The molecule has 1 saturated carbocycles. The molecule has 0 N–H and O–H groups in total. The molecular weight excluding hydrogens is 171 g/mol. The van der Waals surface area contributed by atoms with Gasteiger partial charge in [-0.1, -0.05) is 6.58 Å². The van der Waals surface area contributed by atoms with Crippen LogP contribution in [0.4, 0.5) is 4.39 Å². The topological polar surface area (TPSA) is 26.3 Å². The van der Waals surface area contributed by atoms with Crippen molar-refractivity contribution >= 4 is 5.97 Å². The molecule has 0 unspecified atom stereocenters. The van der Waals surface area contributed by atoms with Gasteiger partial charge >= 0.3 is 5.97 Å². The highest BCUT2D eigenvalue weighted by Crippen LogP contribution is 2.23. The molecule has 3 heteroatoms. The Balaban J connectivity index is 2.30. The lowest BCUT2D eigenvalue weighted by molar-refractivity contribution is -0.146. The Hall–Kier alpha value is -0.860. The maximum Gasteiger partial charge on any atom is 0.333 e. The average molecular weight is 186 g/mol. The number of carbonyl (C=O) groups excluding carboxylic acids is 1. The van der Waals surface area contributed by atoms with Gasteiger partial charge in [0.15, 0.2) is 0 Å². The molecule has 0 spiro atoms. The van der Waals surface area contributed by atoms with Gasteiger partial charge in [-0.25, -0.2) is 9.18 Å². The Kier molecular flexibility index (Phi) is 3.46. The average Bonchev–Trinajstić information content (AvgIpc) is 2.08. The third-order valence-corrected chi connectivity index (χ3v) is 2.23. The molecule has 0 radical (unpaired) electrons. The zero-order valence-electron chi connectivity index (χ0n) is 7.88. The van der Waals surface area contributed by atoms with Crippen LogP contribution < -0.4 is 0 Å². The number of esters is 1. The van der Waals surface area contributed by atoms with Gasteiger partial charge in [-0.15, -0.1) is 0 Å². The van der Waals surface area contributed by atoms with E-state index in [-0.39, 0.29) is 12.1 Å². The van der Waals surface area contributed by atoms with Gasteiger partial charge in [0.05, 0.1) is 0 Å². The van der Waals surface area contributed by atoms with Crippen molar-refractivity contribution in [1.82, 2.24) is 0 Å². The van der Waals surface area contributed by atoms with Gasteiger partial charge in [0.2, 0.25) is 0 Å². The number of rotatable bonds is 2. The second-order valence-electron chi connectivity index (χ2n) is 3.56. The van der Waals surface area contributed by atoms with Gasteiger partial charge in [-0.3, -0.25) is 0 Å². The van der Waals surface area contributed by atoms with Crippen LogP contribution in [0.1, 0.15) is 32.6 Å². The van der Waals surface area contributed by atoms with Crippen LogP contribution in [0.25, 0.3) is 0 Å². The third-order valence-electron chi connectivity index (χ3n) is 2.23. The molecule has 1 aliphatic rings. The van der Waals surface area contributed by atoms with Crippen LogP contribution in [-0.4, -0.2) is 18.2 Å². The number of ether oxygens (including phenoxy) is 1. The maximum atomic E-state index is 12.7. The summed E-state index contributed by atoms with van der Waals surface area (Å²) in [5, 5.41) is 0. The molecule has 74 valence electrons. The molecule has 0 aromatic rings. The Labute approximate surface area is 77.8 Å². The van der Waals surface area contributed by atoms with E-state index in [1.165, 1.54) is 0 Å². The molecule has 0 amide bonds. The summed E-state index contributed by atoms with van der Waals surface area (Å²) in [5.74, 6) is -0.359. The minimum absolute atomic E-state index is 0.101.